The highest BCUT2D eigenvalue weighted by atomic mass is 32.1. The lowest BCUT2D eigenvalue weighted by Crippen LogP contribution is -2.42. The Kier molecular flexibility index (Phi) is 2.90. The van der Waals surface area contributed by atoms with Crippen LogP contribution in [-0.4, -0.2) is 28.4 Å². The number of hydrogen-bond acceptors (Lipinski definition) is 5. The third kappa shape index (κ3) is 1.84. The molecule has 0 saturated heterocycles. The first-order valence-corrected chi connectivity index (χ1v) is 6.09. The lowest BCUT2D eigenvalue weighted by Gasteiger charge is -2.30. The maximum Gasteiger partial charge on any atom is 0.192 e. The van der Waals surface area contributed by atoms with Crippen molar-refractivity contribution >= 4 is 17.3 Å². The van der Waals surface area contributed by atoms with E-state index in [0.717, 1.165) is 18.0 Å². The zero-order valence-electron chi connectivity index (χ0n) is 9.05. The third-order valence-electron chi connectivity index (χ3n) is 2.83. The minimum atomic E-state index is 0.250. The van der Waals surface area contributed by atoms with Crippen LogP contribution < -0.4 is 5.73 Å². The average molecular weight is 224 g/mol. The summed E-state index contributed by atoms with van der Waals surface area (Å²) in [5.41, 5.74) is 5.90. The van der Waals surface area contributed by atoms with Gasteiger partial charge in [-0.05, 0) is 13.3 Å². The lowest BCUT2D eigenvalue weighted by atomic mass is 10.2. The number of aromatic nitrogens is 1. The Morgan fingerprint density at radius 1 is 1.73 bits per heavy atom. The molecule has 0 fully saturated rings. The van der Waals surface area contributed by atoms with Crippen LogP contribution in [0, 0.1) is 0 Å². The van der Waals surface area contributed by atoms with Gasteiger partial charge in [0.1, 0.15) is 11.0 Å². The maximum absolute atomic E-state index is 5.90. The van der Waals surface area contributed by atoms with Gasteiger partial charge < -0.3 is 10.6 Å². The fourth-order valence-electron chi connectivity index (χ4n) is 1.84. The van der Waals surface area contributed by atoms with Gasteiger partial charge in [-0.3, -0.25) is 4.99 Å². The smallest absolute Gasteiger partial charge is 0.192 e. The van der Waals surface area contributed by atoms with Crippen molar-refractivity contribution in [2.45, 2.75) is 32.4 Å². The van der Waals surface area contributed by atoms with Gasteiger partial charge in [-0.1, -0.05) is 6.92 Å². The van der Waals surface area contributed by atoms with Crippen molar-refractivity contribution in [1.29, 1.82) is 0 Å². The molecule has 0 radical (unpaired) electrons. The zero-order valence-corrected chi connectivity index (χ0v) is 9.87. The first kappa shape index (κ1) is 10.4. The number of nitrogens with two attached hydrogens (primary N) is 1. The number of guanidine groups is 1. The second kappa shape index (κ2) is 4.18. The molecule has 15 heavy (non-hydrogen) atoms. The van der Waals surface area contributed by atoms with E-state index in [0.29, 0.717) is 12.0 Å². The van der Waals surface area contributed by atoms with Crippen LogP contribution in [0.4, 0.5) is 0 Å². The topological polar surface area (TPSA) is 54.5 Å². The SMILES string of the molecule is CCC(C)N1C(N)=NCC1c1nccs1. The molecule has 0 aromatic carbocycles. The average Bonchev–Trinajstić information content (AvgIpc) is 2.85. The molecule has 2 heterocycles. The summed E-state index contributed by atoms with van der Waals surface area (Å²) in [5.74, 6) is 0.657. The van der Waals surface area contributed by atoms with Crippen LogP contribution in [0.3, 0.4) is 0 Å². The van der Waals surface area contributed by atoms with E-state index in [1.807, 2.05) is 11.6 Å². The van der Waals surface area contributed by atoms with E-state index < -0.39 is 0 Å². The molecule has 4 nitrogen and oxygen atoms in total. The minimum absolute atomic E-state index is 0.250. The normalized spacial score (nSPS) is 22.9. The van der Waals surface area contributed by atoms with Gasteiger partial charge in [0, 0.05) is 17.6 Å². The zero-order chi connectivity index (χ0) is 10.8. The summed E-state index contributed by atoms with van der Waals surface area (Å²) < 4.78 is 0. The number of nitrogens with zero attached hydrogens (tertiary/aromatic N) is 3. The van der Waals surface area contributed by atoms with E-state index >= 15 is 0 Å². The van der Waals surface area contributed by atoms with Gasteiger partial charge in [-0.15, -0.1) is 11.3 Å². The van der Waals surface area contributed by atoms with Gasteiger partial charge in [0.15, 0.2) is 5.96 Å². The van der Waals surface area contributed by atoms with Crippen molar-refractivity contribution in [3.8, 4) is 0 Å². The van der Waals surface area contributed by atoms with Crippen LogP contribution in [-0.2, 0) is 0 Å². The molecule has 1 aromatic heterocycles. The van der Waals surface area contributed by atoms with Gasteiger partial charge in [-0.25, -0.2) is 4.98 Å². The summed E-state index contributed by atoms with van der Waals surface area (Å²) in [6.45, 7) is 5.08. The van der Waals surface area contributed by atoms with Gasteiger partial charge in [0.2, 0.25) is 0 Å². The number of thiazole rings is 1. The third-order valence-corrected chi connectivity index (χ3v) is 3.71. The summed E-state index contributed by atoms with van der Waals surface area (Å²) in [6.07, 6.45) is 2.90. The van der Waals surface area contributed by atoms with E-state index in [9.17, 15) is 0 Å². The van der Waals surface area contributed by atoms with Crippen LogP contribution >= 0.6 is 11.3 Å². The summed E-state index contributed by atoms with van der Waals surface area (Å²) >= 11 is 1.67. The Hall–Kier alpha value is -1.10. The van der Waals surface area contributed by atoms with Gasteiger partial charge >= 0.3 is 0 Å². The summed E-state index contributed by atoms with van der Waals surface area (Å²) in [7, 11) is 0. The first-order valence-electron chi connectivity index (χ1n) is 5.21. The van der Waals surface area contributed by atoms with Crippen molar-refractivity contribution in [3.05, 3.63) is 16.6 Å². The molecular formula is C10H16N4S. The van der Waals surface area contributed by atoms with Gasteiger partial charge in [0.05, 0.1) is 6.54 Å². The molecule has 2 unspecified atom stereocenters. The highest BCUT2D eigenvalue weighted by Gasteiger charge is 2.31. The first-order chi connectivity index (χ1) is 7.24. The van der Waals surface area contributed by atoms with Crippen LogP contribution in [0.5, 0.6) is 0 Å². The Morgan fingerprint density at radius 2 is 2.53 bits per heavy atom. The van der Waals surface area contributed by atoms with Crippen molar-refractivity contribution < 1.29 is 0 Å². The fourth-order valence-corrected chi connectivity index (χ4v) is 2.56. The van der Waals surface area contributed by atoms with Gasteiger partial charge in [0.25, 0.3) is 0 Å². The molecule has 5 heteroatoms. The summed E-state index contributed by atoms with van der Waals surface area (Å²) in [4.78, 5) is 10.8. The molecule has 0 spiro atoms. The van der Waals surface area contributed by atoms with E-state index in [2.05, 4.69) is 28.7 Å². The molecule has 2 N–H and O–H groups in total. The molecule has 82 valence electrons. The monoisotopic (exact) mass is 224 g/mol. The predicted octanol–water partition coefficient (Wildman–Crippen LogP) is 1.61. The Bertz CT molecular complexity index is 346. The number of hydrogen-bond donors (Lipinski definition) is 1. The second-order valence-electron chi connectivity index (χ2n) is 3.75. The Balaban J connectivity index is 2.21. The van der Waals surface area contributed by atoms with Crippen LogP contribution in [0.1, 0.15) is 31.3 Å². The molecule has 1 aromatic rings. The number of aliphatic imine (C=N–C) groups is 1. The quantitative estimate of drug-likeness (QED) is 0.848. The molecular weight excluding hydrogens is 208 g/mol. The van der Waals surface area contributed by atoms with Crippen molar-refractivity contribution in [2.24, 2.45) is 10.7 Å². The predicted molar refractivity (Wildman–Crippen MR) is 62.9 cm³/mol. The molecule has 0 bridgehead atoms. The largest absolute Gasteiger partial charge is 0.370 e. The van der Waals surface area contributed by atoms with Crippen LogP contribution in [0.15, 0.2) is 16.6 Å². The highest BCUT2D eigenvalue weighted by molar-refractivity contribution is 7.09. The molecule has 2 rings (SSSR count). The van der Waals surface area contributed by atoms with Crippen LogP contribution in [0.2, 0.25) is 0 Å². The van der Waals surface area contributed by atoms with Crippen LogP contribution in [0.25, 0.3) is 0 Å². The summed E-state index contributed by atoms with van der Waals surface area (Å²) in [6, 6.07) is 0.671. The van der Waals surface area contributed by atoms with Gasteiger partial charge in [-0.2, -0.15) is 0 Å². The van der Waals surface area contributed by atoms with E-state index in [4.69, 9.17) is 5.73 Å². The molecule has 1 aliphatic heterocycles. The highest BCUT2D eigenvalue weighted by Crippen LogP contribution is 2.29. The molecule has 0 saturated carbocycles. The molecule has 0 aliphatic carbocycles. The number of rotatable bonds is 3. The minimum Gasteiger partial charge on any atom is -0.370 e. The molecule has 0 amide bonds. The molecule has 1 aliphatic rings. The van der Waals surface area contributed by atoms with E-state index in [-0.39, 0.29) is 6.04 Å². The standard InChI is InChI=1S/C10H16N4S/c1-3-7(2)14-8(6-13-10(14)11)9-12-4-5-15-9/h4-5,7-8H,3,6H2,1-2H3,(H2,11,13). The van der Waals surface area contributed by atoms with E-state index in [1.165, 1.54) is 0 Å². The van der Waals surface area contributed by atoms with Crippen molar-refractivity contribution in [2.75, 3.05) is 6.54 Å². The van der Waals surface area contributed by atoms with Crippen molar-refractivity contribution in [3.63, 3.8) is 0 Å². The Morgan fingerprint density at radius 3 is 3.13 bits per heavy atom. The fraction of sp³-hybridized carbons (Fsp3) is 0.600. The maximum atomic E-state index is 5.90. The second-order valence-corrected chi connectivity index (χ2v) is 4.68. The summed E-state index contributed by atoms with van der Waals surface area (Å²) in [5, 5.41) is 3.11. The molecule has 2 atom stereocenters. The Labute approximate surface area is 93.8 Å². The van der Waals surface area contributed by atoms with Crippen molar-refractivity contribution in [1.82, 2.24) is 9.88 Å². The lowest BCUT2D eigenvalue weighted by molar-refractivity contribution is 0.268. The van der Waals surface area contributed by atoms with E-state index in [1.54, 1.807) is 11.3 Å².